The van der Waals surface area contributed by atoms with E-state index in [9.17, 15) is 15.3 Å². The molecule has 110 valence electrons. The van der Waals surface area contributed by atoms with E-state index in [-0.39, 0.29) is 23.0 Å². The first kappa shape index (κ1) is 14.0. The lowest BCUT2D eigenvalue weighted by Gasteiger charge is -2.40. The van der Waals surface area contributed by atoms with Gasteiger partial charge in [0, 0.05) is 5.41 Å². The van der Waals surface area contributed by atoms with Gasteiger partial charge in [0.15, 0.2) is 0 Å². The van der Waals surface area contributed by atoms with Crippen LogP contribution in [-0.2, 0) is 5.41 Å². The number of phenols is 2. The maximum Gasteiger partial charge on any atom is 0.115 e. The van der Waals surface area contributed by atoms with Crippen LogP contribution in [-0.4, -0.2) is 21.4 Å². The van der Waals surface area contributed by atoms with Crippen molar-refractivity contribution in [1.29, 1.82) is 0 Å². The monoisotopic (exact) mass is 284 g/mol. The first-order chi connectivity index (χ1) is 10.1. The fourth-order valence-corrected chi connectivity index (χ4v) is 3.40. The summed E-state index contributed by atoms with van der Waals surface area (Å²) in [4.78, 5) is 0. The lowest BCUT2D eigenvalue weighted by Crippen LogP contribution is -2.34. The van der Waals surface area contributed by atoms with Gasteiger partial charge < -0.3 is 15.3 Å². The molecular weight excluding hydrogens is 264 g/mol. The molecule has 3 N–H and O–H groups in total. The summed E-state index contributed by atoms with van der Waals surface area (Å²) in [6.07, 6.45) is 3.03. The maximum absolute atomic E-state index is 9.84. The molecule has 1 saturated carbocycles. The van der Waals surface area contributed by atoms with Gasteiger partial charge in [-0.25, -0.2) is 0 Å². The molecule has 3 nitrogen and oxygen atoms in total. The molecule has 1 fully saturated rings. The number of hydrogen-bond acceptors (Lipinski definition) is 3. The lowest BCUT2D eigenvalue weighted by molar-refractivity contribution is 0.106. The van der Waals surface area contributed by atoms with E-state index in [2.05, 4.69) is 0 Å². The third-order valence-corrected chi connectivity index (χ3v) is 4.65. The highest BCUT2D eigenvalue weighted by molar-refractivity contribution is 5.43. The Bertz CT molecular complexity index is 546. The number of hydrogen-bond donors (Lipinski definition) is 3. The molecule has 0 heterocycles. The molecule has 1 aliphatic carbocycles. The lowest BCUT2D eigenvalue weighted by atomic mass is 9.65. The molecule has 0 atom stereocenters. The highest BCUT2D eigenvalue weighted by Crippen LogP contribution is 2.45. The molecule has 0 unspecified atom stereocenters. The Morgan fingerprint density at radius 2 is 1.10 bits per heavy atom. The van der Waals surface area contributed by atoms with E-state index in [1.165, 1.54) is 0 Å². The predicted octanol–water partition coefficient (Wildman–Crippen LogP) is 3.32. The summed E-state index contributed by atoms with van der Waals surface area (Å²) in [5, 5.41) is 28.9. The van der Waals surface area contributed by atoms with Gasteiger partial charge >= 0.3 is 0 Å². The number of aliphatic hydroxyl groups excluding tert-OH is 1. The van der Waals surface area contributed by atoms with Gasteiger partial charge in [0.25, 0.3) is 0 Å². The normalized spacial score (nSPS) is 18.5. The molecule has 3 rings (SSSR count). The number of aliphatic hydroxyl groups is 1. The van der Waals surface area contributed by atoms with Gasteiger partial charge in [0.05, 0.1) is 6.10 Å². The summed E-state index contributed by atoms with van der Waals surface area (Å²) in [6.45, 7) is 0. The van der Waals surface area contributed by atoms with Crippen LogP contribution in [0.1, 0.15) is 36.8 Å². The zero-order chi connectivity index (χ0) is 14.9. The smallest absolute Gasteiger partial charge is 0.115 e. The Hall–Kier alpha value is -2.00. The standard InChI is InChI=1S/C18H20O3/c19-15-5-1-13(2-6-15)18(11-9-17(21)10-12-18)14-3-7-16(20)8-4-14/h1-8,17,19-21H,9-12H2. The summed E-state index contributed by atoms with van der Waals surface area (Å²) in [6, 6.07) is 14.7. The van der Waals surface area contributed by atoms with E-state index in [1.54, 1.807) is 24.3 Å². The Morgan fingerprint density at radius 3 is 1.48 bits per heavy atom. The summed E-state index contributed by atoms with van der Waals surface area (Å²) >= 11 is 0. The van der Waals surface area contributed by atoms with E-state index < -0.39 is 0 Å². The Balaban J connectivity index is 2.06. The maximum atomic E-state index is 9.84. The highest BCUT2D eigenvalue weighted by Gasteiger charge is 2.37. The first-order valence-corrected chi connectivity index (χ1v) is 7.37. The van der Waals surface area contributed by atoms with E-state index in [4.69, 9.17) is 0 Å². The molecule has 0 aromatic heterocycles. The Labute approximate surface area is 124 Å². The molecule has 0 bridgehead atoms. The molecule has 0 saturated heterocycles. The third-order valence-electron chi connectivity index (χ3n) is 4.65. The van der Waals surface area contributed by atoms with Crippen molar-refractivity contribution >= 4 is 0 Å². The largest absolute Gasteiger partial charge is 0.508 e. The summed E-state index contributed by atoms with van der Waals surface area (Å²) in [5.74, 6) is 0.519. The van der Waals surface area contributed by atoms with Crippen LogP contribution in [0, 0.1) is 0 Å². The van der Waals surface area contributed by atoms with Gasteiger partial charge in [-0.2, -0.15) is 0 Å². The fourth-order valence-electron chi connectivity index (χ4n) is 3.40. The second-order valence-corrected chi connectivity index (χ2v) is 5.91. The van der Waals surface area contributed by atoms with Gasteiger partial charge in [-0.15, -0.1) is 0 Å². The minimum Gasteiger partial charge on any atom is -0.508 e. The number of benzene rings is 2. The Morgan fingerprint density at radius 1 is 0.714 bits per heavy atom. The van der Waals surface area contributed by atoms with Crippen LogP contribution in [0.3, 0.4) is 0 Å². The van der Waals surface area contributed by atoms with Crippen LogP contribution in [0.2, 0.25) is 0 Å². The molecule has 0 aliphatic heterocycles. The zero-order valence-corrected chi connectivity index (χ0v) is 11.9. The van der Waals surface area contributed by atoms with Gasteiger partial charge in [-0.05, 0) is 61.1 Å². The van der Waals surface area contributed by atoms with Crippen molar-refractivity contribution in [3.63, 3.8) is 0 Å². The highest BCUT2D eigenvalue weighted by atomic mass is 16.3. The second-order valence-electron chi connectivity index (χ2n) is 5.91. The molecule has 1 aliphatic rings. The van der Waals surface area contributed by atoms with Crippen molar-refractivity contribution in [3.8, 4) is 11.5 Å². The minimum atomic E-state index is -0.229. The SMILES string of the molecule is Oc1ccc(C2(c3ccc(O)cc3)CCC(O)CC2)cc1. The topological polar surface area (TPSA) is 60.7 Å². The molecule has 0 radical (unpaired) electrons. The van der Waals surface area contributed by atoms with Crippen molar-refractivity contribution in [1.82, 2.24) is 0 Å². The molecule has 21 heavy (non-hydrogen) atoms. The molecular formula is C18H20O3. The van der Waals surface area contributed by atoms with E-state index in [0.717, 1.165) is 36.8 Å². The Kier molecular flexibility index (Phi) is 3.60. The van der Waals surface area contributed by atoms with Gasteiger partial charge in [0.2, 0.25) is 0 Å². The minimum absolute atomic E-state index is 0.152. The van der Waals surface area contributed by atoms with Crippen LogP contribution in [0.15, 0.2) is 48.5 Å². The van der Waals surface area contributed by atoms with E-state index >= 15 is 0 Å². The van der Waals surface area contributed by atoms with E-state index in [1.807, 2.05) is 24.3 Å². The average Bonchev–Trinajstić information content (AvgIpc) is 2.50. The summed E-state index contributed by atoms with van der Waals surface area (Å²) < 4.78 is 0. The van der Waals surface area contributed by atoms with E-state index in [0.29, 0.717) is 0 Å². The van der Waals surface area contributed by atoms with Crippen LogP contribution < -0.4 is 0 Å². The van der Waals surface area contributed by atoms with Gasteiger partial charge in [-0.3, -0.25) is 0 Å². The van der Waals surface area contributed by atoms with Crippen molar-refractivity contribution in [2.24, 2.45) is 0 Å². The molecule has 3 heteroatoms. The molecule has 2 aromatic carbocycles. The van der Waals surface area contributed by atoms with Crippen molar-refractivity contribution < 1.29 is 15.3 Å². The number of aromatic hydroxyl groups is 2. The number of rotatable bonds is 2. The summed E-state index contributed by atoms with van der Waals surface area (Å²) in [7, 11) is 0. The van der Waals surface area contributed by atoms with Crippen molar-refractivity contribution in [2.75, 3.05) is 0 Å². The molecule has 2 aromatic rings. The average molecular weight is 284 g/mol. The molecule has 0 amide bonds. The fraction of sp³-hybridized carbons (Fsp3) is 0.333. The third kappa shape index (κ3) is 2.61. The number of phenolic OH excluding ortho intramolecular Hbond substituents is 2. The van der Waals surface area contributed by atoms with Crippen LogP contribution >= 0.6 is 0 Å². The summed E-state index contributed by atoms with van der Waals surface area (Å²) in [5.41, 5.74) is 2.15. The van der Waals surface area contributed by atoms with Crippen LogP contribution in [0.5, 0.6) is 11.5 Å². The van der Waals surface area contributed by atoms with Crippen LogP contribution in [0.4, 0.5) is 0 Å². The second kappa shape index (κ2) is 5.41. The predicted molar refractivity (Wildman–Crippen MR) is 81.5 cm³/mol. The van der Waals surface area contributed by atoms with Crippen molar-refractivity contribution in [3.05, 3.63) is 59.7 Å². The van der Waals surface area contributed by atoms with Gasteiger partial charge in [0.1, 0.15) is 11.5 Å². The van der Waals surface area contributed by atoms with Crippen LogP contribution in [0.25, 0.3) is 0 Å². The zero-order valence-electron chi connectivity index (χ0n) is 11.9. The van der Waals surface area contributed by atoms with Crippen molar-refractivity contribution in [2.45, 2.75) is 37.2 Å². The molecule has 0 spiro atoms. The first-order valence-electron chi connectivity index (χ1n) is 7.37. The van der Waals surface area contributed by atoms with Gasteiger partial charge in [-0.1, -0.05) is 24.3 Å². The quantitative estimate of drug-likeness (QED) is 0.793.